The van der Waals surface area contributed by atoms with Crippen molar-refractivity contribution in [1.29, 1.82) is 0 Å². The van der Waals surface area contributed by atoms with Gasteiger partial charge in [0.05, 0.1) is 11.8 Å². The van der Waals surface area contributed by atoms with Crippen LogP contribution in [-0.4, -0.2) is 20.6 Å². The van der Waals surface area contributed by atoms with Crippen LogP contribution in [0.4, 0.5) is 0 Å². The molecule has 0 aliphatic carbocycles. The van der Waals surface area contributed by atoms with Gasteiger partial charge in [0, 0.05) is 35.6 Å². The molecule has 3 nitrogen and oxygen atoms in total. The number of rotatable bonds is 4. The maximum atomic E-state index is 10.1. The van der Waals surface area contributed by atoms with Crippen LogP contribution in [0.25, 0.3) is 4.96 Å². The van der Waals surface area contributed by atoms with E-state index in [2.05, 4.69) is 4.98 Å². The third-order valence-electron chi connectivity index (χ3n) is 3.00. The standard InChI is InChI=1S/C14H13ClN2OS/c15-13-4-2-1-3-10(13)7-12(18)8-11-9-17-5-6-19-14(17)16-11/h1-6,9,12,18H,7-8H2. The zero-order valence-corrected chi connectivity index (χ0v) is 11.7. The van der Waals surface area contributed by atoms with E-state index in [0.717, 1.165) is 16.2 Å². The second kappa shape index (κ2) is 5.33. The molecular weight excluding hydrogens is 280 g/mol. The van der Waals surface area contributed by atoms with Crippen LogP contribution in [0.3, 0.4) is 0 Å². The Morgan fingerprint density at radius 1 is 1.32 bits per heavy atom. The van der Waals surface area contributed by atoms with Gasteiger partial charge < -0.3 is 5.11 Å². The number of aliphatic hydroxyl groups excluding tert-OH is 1. The number of benzene rings is 1. The molecule has 0 aliphatic heterocycles. The Labute approximate surface area is 120 Å². The lowest BCUT2D eigenvalue weighted by Gasteiger charge is -2.10. The van der Waals surface area contributed by atoms with Crippen molar-refractivity contribution in [3.05, 3.63) is 58.3 Å². The van der Waals surface area contributed by atoms with Crippen molar-refractivity contribution in [2.45, 2.75) is 18.9 Å². The van der Waals surface area contributed by atoms with E-state index in [1.54, 1.807) is 11.3 Å². The number of thiazole rings is 1. The second-order valence-electron chi connectivity index (χ2n) is 4.48. The molecule has 0 bridgehead atoms. The van der Waals surface area contributed by atoms with E-state index in [1.165, 1.54) is 0 Å². The number of nitrogens with zero attached hydrogens (tertiary/aromatic N) is 2. The first-order chi connectivity index (χ1) is 9.22. The van der Waals surface area contributed by atoms with Crippen LogP contribution in [0.2, 0.25) is 5.02 Å². The van der Waals surface area contributed by atoms with E-state index in [0.29, 0.717) is 17.9 Å². The molecular formula is C14H13ClN2OS. The molecule has 0 spiro atoms. The van der Waals surface area contributed by atoms with Crippen LogP contribution in [0.1, 0.15) is 11.3 Å². The van der Waals surface area contributed by atoms with Gasteiger partial charge in [-0.15, -0.1) is 11.3 Å². The molecule has 0 saturated heterocycles. The van der Waals surface area contributed by atoms with Crippen LogP contribution >= 0.6 is 22.9 Å². The summed E-state index contributed by atoms with van der Waals surface area (Å²) in [6.07, 6.45) is 4.55. The highest BCUT2D eigenvalue weighted by atomic mass is 35.5. The summed E-state index contributed by atoms with van der Waals surface area (Å²) in [5.41, 5.74) is 1.88. The lowest BCUT2D eigenvalue weighted by Crippen LogP contribution is -2.14. The highest BCUT2D eigenvalue weighted by Crippen LogP contribution is 2.18. The zero-order chi connectivity index (χ0) is 13.2. The number of hydrogen-bond donors (Lipinski definition) is 1. The van der Waals surface area contributed by atoms with Gasteiger partial charge in [-0.05, 0) is 11.6 Å². The quantitative estimate of drug-likeness (QED) is 0.802. The Bertz CT molecular complexity index is 663. The molecule has 0 saturated carbocycles. The third-order valence-corrected chi connectivity index (χ3v) is 4.14. The van der Waals surface area contributed by atoms with Crippen molar-refractivity contribution < 1.29 is 5.11 Å². The second-order valence-corrected chi connectivity index (χ2v) is 5.76. The molecule has 1 N–H and O–H groups in total. The van der Waals surface area contributed by atoms with Gasteiger partial charge in [0.25, 0.3) is 0 Å². The van der Waals surface area contributed by atoms with Gasteiger partial charge in [0.1, 0.15) is 0 Å². The third kappa shape index (κ3) is 2.81. The van der Waals surface area contributed by atoms with E-state index in [-0.39, 0.29) is 0 Å². The van der Waals surface area contributed by atoms with E-state index >= 15 is 0 Å². The Morgan fingerprint density at radius 2 is 2.16 bits per heavy atom. The average Bonchev–Trinajstić information content (AvgIpc) is 2.92. The molecule has 0 amide bonds. The van der Waals surface area contributed by atoms with Crippen LogP contribution in [0, 0.1) is 0 Å². The van der Waals surface area contributed by atoms with Gasteiger partial charge in [-0.2, -0.15) is 0 Å². The van der Waals surface area contributed by atoms with E-state index in [1.807, 2.05) is 46.4 Å². The molecule has 1 atom stereocenters. The molecule has 2 aromatic heterocycles. The predicted molar refractivity (Wildman–Crippen MR) is 77.9 cm³/mol. The summed E-state index contributed by atoms with van der Waals surface area (Å²) in [5, 5.41) is 12.8. The number of fused-ring (bicyclic) bond motifs is 1. The summed E-state index contributed by atoms with van der Waals surface area (Å²) in [6, 6.07) is 7.61. The van der Waals surface area contributed by atoms with Gasteiger partial charge in [-0.3, -0.25) is 4.40 Å². The van der Waals surface area contributed by atoms with Crippen LogP contribution in [0.5, 0.6) is 0 Å². The monoisotopic (exact) mass is 292 g/mol. The van der Waals surface area contributed by atoms with Crippen molar-refractivity contribution in [1.82, 2.24) is 9.38 Å². The molecule has 3 rings (SSSR count). The van der Waals surface area contributed by atoms with Gasteiger partial charge in [-0.25, -0.2) is 4.98 Å². The van der Waals surface area contributed by atoms with Crippen molar-refractivity contribution in [2.75, 3.05) is 0 Å². The Hall–Kier alpha value is -1.36. The summed E-state index contributed by atoms with van der Waals surface area (Å²) in [5.74, 6) is 0. The van der Waals surface area contributed by atoms with Gasteiger partial charge in [-0.1, -0.05) is 29.8 Å². The number of aromatic nitrogens is 2. The highest BCUT2D eigenvalue weighted by Gasteiger charge is 2.11. The van der Waals surface area contributed by atoms with Crippen molar-refractivity contribution in [2.24, 2.45) is 0 Å². The van der Waals surface area contributed by atoms with E-state index in [9.17, 15) is 5.11 Å². The summed E-state index contributed by atoms with van der Waals surface area (Å²) >= 11 is 7.68. The first-order valence-corrected chi connectivity index (χ1v) is 7.30. The Kier molecular flexibility index (Phi) is 3.55. The smallest absolute Gasteiger partial charge is 0.193 e. The minimum Gasteiger partial charge on any atom is -0.392 e. The molecule has 2 heterocycles. The number of aliphatic hydroxyl groups is 1. The summed E-state index contributed by atoms with van der Waals surface area (Å²) < 4.78 is 1.97. The fourth-order valence-corrected chi connectivity index (χ4v) is 3.04. The fraction of sp³-hybridized carbons (Fsp3) is 0.214. The minimum atomic E-state index is -0.468. The van der Waals surface area contributed by atoms with Crippen molar-refractivity contribution >= 4 is 27.9 Å². The lowest BCUT2D eigenvalue weighted by atomic mass is 10.0. The number of imidazole rings is 1. The normalized spacial score (nSPS) is 12.9. The molecule has 3 aromatic rings. The average molecular weight is 293 g/mol. The van der Waals surface area contributed by atoms with Gasteiger partial charge in [0.15, 0.2) is 4.96 Å². The highest BCUT2D eigenvalue weighted by molar-refractivity contribution is 7.15. The Balaban J connectivity index is 1.70. The zero-order valence-electron chi connectivity index (χ0n) is 10.2. The number of halogens is 1. The molecule has 0 aliphatic rings. The molecule has 0 fully saturated rings. The Morgan fingerprint density at radius 3 is 2.95 bits per heavy atom. The van der Waals surface area contributed by atoms with Crippen LogP contribution < -0.4 is 0 Å². The largest absolute Gasteiger partial charge is 0.392 e. The summed E-state index contributed by atoms with van der Waals surface area (Å²) in [6.45, 7) is 0. The van der Waals surface area contributed by atoms with Crippen molar-refractivity contribution in [3.8, 4) is 0 Å². The molecule has 1 unspecified atom stereocenters. The van der Waals surface area contributed by atoms with Gasteiger partial charge in [0.2, 0.25) is 0 Å². The maximum absolute atomic E-state index is 10.1. The molecule has 98 valence electrons. The first-order valence-electron chi connectivity index (χ1n) is 6.05. The first kappa shape index (κ1) is 12.7. The summed E-state index contributed by atoms with van der Waals surface area (Å²) in [4.78, 5) is 5.42. The molecule has 5 heteroatoms. The fourth-order valence-electron chi connectivity index (χ4n) is 2.11. The molecule has 19 heavy (non-hydrogen) atoms. The predicted octanol–water partition coefficient (Wildman–Crippen LogP) is 3.20. The molecule has 1 aromatic carbocycles. The summed E-state index contributed by atoms with van der Waals surface area (Å²) in [7, 11) is 0. The lowest BCUT2D eigenvalue weighted by molar-refractivity contribution is 0.174. The van der Waals surface area contributed by atoms with Crippen molar-refractivity contribution in [3.63, 3.8) is 0 Å². The van der Waals surface area contributed by atoms with E-state index in [4.69, 9.17) is 11.6 Å². The maximum Gasteiger partial charge on any atom is 0.193 e. The number of hydrogen-bond acceptors (Lipinski definition) is 3. The SMILES string of the molecule is OC(Cc1cn2ccsc2n1)Cc1ccccc1Cl. The topological polar surface area (TPSA) is 37.5 Å². The van der Waals surface area contributed by atoms with E-state index < -0.39 is 6.10 Å². The minimum absolute atomic E-state index is 0.468. The molecule has 0 radical (unpaired) electrons. The van der Waals surface area contributed by atoms with Gasteiger partial charge >= 0.3 is 0 Å². The van der Waals surface area contributed by atoms with Crippen LogP contribution in [0.15, 0.2) is 42.0 Å². The van der Waals surface area contributed by atoms with Crippen LogP contribution in [-0.2, 0) is 12.8 Å².